The van der Waals surface area contributed by atoms with E-state index in [1.54, 1.807) is 43.2 Å². The summed E-state index contributed by atoms with van der Waals surface area (Å²) < 4.78 is 79.2. The summed E-state index contributed by atoms with van der Waals surface area (Å²) in [6.45, 7) is 10.7. The minimum absolute atomic E-state index is 0.0100. The number of carbonyl (C=O) groups is 4. The van der Waals surface area contributed by atoms with Crippen molar-refractivity contribution >= 4 is 74.5 Å². The number of amides is 4. The van der Waals surface area contributed by atoms with E-state index in [1.165, 1.54) is 9.80 Å². The molecule has 8 aromatic carbocycles. The lowest BCUT2D eigenvalue weighted by atomic mass is 9.80. The van der Waals surface area contributed by atoms with Crippen molar-refractivity contribution in [1.29, 1.82) is 5.26 Å². The van der Waals surface area contributed by atoms with E-state index in [4.69, 9.17) is 56.9 Å². The summed E-state index contributed by atoms with van der Waals surface area (Å²) in [6.07, 6.45) is 0.0885. The zero-order chi connectivity index (χ0) is 64.1. The van der Waals surface area contributed by atoms with Crippen molar-refractivity contribution in [3.8, 4) is 17.6 Å². The normalized spacial score (nSPS) is 14.2. The summed E-state index contributed by atoms with van der Waals surface area (Å²) in [6, 6.07) is 42.0. The number of hydrogen-bond acceptors (Lipinski definition) is 17. The third-order valence-corrected chi connectivity index (χ3v) is 18.7. The van der Waals surface area contributed by atoms with Gasteiger partial charge in [0.1, 0.15) is 17.1 Å². The van der Waals surface area contributed by atoms with Crippen molar-refractivity contribution in [3.05, 3.63) is 166 Å². The number of nitrogens with zero attached hydrogens (tertiary/aromatic N) is 4. The van der Waals surface area contributed by atoms with E-state index in [0.29, 0.717) is 52.8 Å². The van der Waals surface area contributed by atoms with E-state index in [-0.39, 0.29) is 111 Å². The highest BCUT2D eigenvalue weighted by molar-refractivity contribution is 7.51. The van der Waals surface area contributed by atoms with Crippen LogP contribution in [-0.2, 0) is 52.4 Å². The average Bonchev–Trinajstić information content (AvgIpc) is 0.694. The Morgan fingerprint density at radius 2 is 0.769 bits per heavy atom. The van der Waals surface area contributed by atoms with Gasteiger partial charge in [0.2, 0.25) is 0 Å². The second-order valence-corrected chi connectivity index (χ2v) is 24.2. The molecule has 0 aromatic heterocycles. The molecule has 91 heavy (non-hydrogen) atoms. The van der Waals surface area contributed by atoms with Gasteiger partial charge in [0.05, 0.1) is 139 Å². The number of imide groups is 2. The molecule has 0 aliphatic carbocycles. The Bertz CT molecular complexity index is 3760. The molecular weight excluding hydrogens is 1180 g/mol. The number of hydrogen-bond donors (Lipinski definition) is 0. The largest absolute Gasteiger partial charge is 0.497 e. The van der Waals surface area contributed by atoms with Crippen molar-refractivity contribution in [3.63, 3.8) is 0 Å². The smallest absolute Gasteiger partial charge is 0.408 e. The highest BCUT2D eigenvalue weighted by Gasteiger charge is 2.41. The Balaban J connectivity index is 0.675. The van der Waals surface area contributed by atoms with Gasteiger partial charge >= 0.3 is 7.75 Å². The van der Waals surface area contributed by atoms with Gasteiger partial charge in [-0.05, 0) is 125 Å². The van der Waals surface area contributed by atoms with Gasteiger partial charge in [0.15, 0.2) is 0 Å². The van der Waals surface area contributed by atoms with Crippen LogP contribution in [0, 0.1) is 11.3 Å². The Labute approximate surface area is 529 Å². The van der Waals surface area contributed by atoms with Crippen LogP contribution in [0.2, 0.25) is 0 Å². The molecule has 0 bridgehead atoms. The summed E-state index contributed by atoms with van der Waals surface area (Å²) in [4.78, 5) is 59.1. The van der Waals surface area contributed by atoms with Gasteiger partial charge in [-0.15, -0.1) is 0 Å². The second kappa shape index (κ2) is 30.6. The first-order chi connectivity index (χ1) is 44.3. The van der Waals surface area contributed by atoms with Gasteiger partial charge in [0.25, 0.3) is 23.6 Å². The zero-order valence-electron chi connectivity index (χ0n) is 52.3. The minimum Gasteiger partial charge on any atom is -0.497 e. The molecular formula is C70H77N4O16P. The van der Waals surface area contributed by atoms with Crippen LogP contribution >= 0.6 is 7.75 Å². The molecule has 0 saturated carbocycles. The van der Waals surface area contributed by atoms with Crippen LogP contribution in [0.15, 0.2) is 127 Å². The van der Waals surface area contributed by atoms with E-state index >= 15 is 0 Å². The fraction of sp³-hybridized carbons (Fsp3) is 0.386. The highest BCUT2D eigenvalue weighted by Crippen LogP contribution is 2.54. The quantitative estimate of drug-likeness (QED) is 0.00882. The SMILES string of the molecule is COc1ccc(C(OCCOCCOCCOCCN2C(=O)c3ccc4c5ccc6c7c(ccc(c8ccc(c3c48)C2=O)c75)C(=O)N(CCOCCOCCOCCOP(=O)(OCCC#N)N(C(C)C)C(C)C)C6=O)(c2ccccc2)c2ccc(OC)cc2)cc1. The summed E-state index contributed by atoms with van der Waals surface area (Å²) >= 11 is 0. The third kappa shape index (κ3) is 14.0. The molecule has 2 aliphatic rings. The molecule has 478 valence electrons. The number of methoxy groups -OCH3 is 2. The number of nitriles is 1. The molecule has 2 heterocycles. The molecule has 1 atom stereocenters. The topological polar surface area (TPSA) is 220 Å². The molecule has 0 radical (unpaired) electrons. The molecule has 2 aliphatic heterocycles. The predicted octanol–water partition coefficient (Wildman–Crippen LogP) is 11.2. The van der Waals surface area contributed by atoms with Crippen LogP contribution in [0.5, 0.6) is 11.5 Å². The van der Waals surface area contributed by atoms with Gasteiger partial charge < -0.3 is 42.6 Å². The van der Waals surface area contributed by atoms with Gasteiger partial charge in [0, 0.05) is 45.1 Å². The zero-order valence-corrected chi connectivity index (χ0v) is 53.2. The predicted molar refractivity (Wildman–Crippen MR) is 343 cm³/mol. The monoisotopic (exact) mass is 1260 g/mol. The first-order valence-corrected chi connectivity index (χ1v) is 32.2. The standard InChI is InChI=1S/C70H77N4O16P/c1-47(2)74(48(3)4)91(79,89-32-10-29-71)90-46-44-87-42-40-85-38-36-83-34-31-73-68(77)60-27-23-56-54-21-25-58-64-59(26-22-55(62(54)64)57-24-28-61(69(73)78)65(60)63(56)57)67(76)72(66(58)75)30-33-82-35-37-84-39-41-86-43-45-88-70(49-11-8-7-9-12-49,50-13-17-52(80-5)18-14-50)51-15-19-53(81-6)20-16-51/h7-9,11-28,47-48H,10,30-46H2,1-6H3. The molecule has 4 amide bonds. The Kier molecular flexibility index (Phi) is 22.2. The summed E-state index contributed by atoms with van der Waals surface area (Å²) in [7, 11) is -0.386. The fourth-order valence-electron chi connectivity index (χ4n) is 12.2. The second-order valence-electron chi connectivity index (χ2n) is 22.3. The molecule has 10 rings (SSSR count). The van der Waals surface area contributed by atoms with Crippen LogP contribution in [-0.4, -0.2) is 177 Å². The number of ether oxygens (including phenoxy) is 9. The van der Waals surface area contributed by atoms with Crippen LogP contribution in [0.4, 0.5) is 0 Å². The fourth-order valence-corrected chi connectivity index (χ4v) is 14.3. The first-order valence-electron chi connectivity index (χ1n) is 30.7. The first kappa shape index (κ1) is 66.2. The lowest BCUT2D eigenvalue weighted by Gasteiger charge is -2.36. The van der Waals surface area contributed by atoms with Crippen LogP contribution < -0.4 is 9.47 Å². The van der Waals surface area contributed by atoms with Crippen molar-refractivity contribution in [2.45, 2.75) is 51.8 Å². The number of carbonyl (C=O) groups excluding carboxylic acids is 4. The Morgan fingerprint density at radius 1 is 0.429 bits per heavy atom. The van der Waals surface area contributed by atoms with E-state index in [9.17, 15) is 23.7 Å². The molecule has 0 fully saturated rings. The van der Waals surface area contributed by atoms with Crippen molar-refractivity contribution < 1.29 is 75.4 Å². The molecule has 0 saturated heterocycles. The van der Waals surface area contributed by atoms with Gasteiger partial charge in [-0.1, -0.05) is 78.9 Å². The van der Waals surface area contributed by atoms with Crippen LogP contribution in [0.3, 0.4) is 0 Å². The van der Waals surface area contributed by atoms with Crippen molar-refractivity contribution in [2.75, 3.05) is 126 Å². The lowest BCUT2D eigenvalue weighted by molar-refractivity contribution is -0.0370. The van der Waals surface area contributed by atoms with Crippen LogP contribution in [0.25, 0.3) is 43.1 Å². The summed E-state index contributed by atoms with van der Waals surface area (Å²) in [5.41, 5.74) is 3.43. The number of fused-ring (bicyclic) bond motifs is 2. The third-order valence-electron chi connectivity index (χ3n) is 16.2. The van der Waals surface area contributed by atoms with Gasteiger partial charge in [-0.25, -0.2) is 9.24 Å². The van der Waals surface area contributed by atoms with Crippen molar-refractivity contribution in [1.82, 2.24) is 14.5 Å². The van der Waals surface area contributed by atoms with Crippen LogP contribution in [0.1, 0.15) is 92.2 Å². The van der Waals surface area contributed by atoms with E-state index in [0.717, 1.165) is 60.5 Å². The Morgan fingerprint density at radius 3 is 1.13 bits per heavy atom. The molecule has 1 unspecified atom stereocenters. The van der Waals surface area contributed by atoms with E-state index in [2.05, 4.69) is 0 Å². The minimum atomic E-state index is -3.66. The maximum Gasteiger partial charge on any atom is 0.408 e. The highest BCUT2D eigenvalue weighted by atomic mass is 31.2. The number of benzene rings is 8. The van der Waals surface area contributed by atoms with Gasteiger partial charge in [-0.2, -0.15) is 5.26 Å². The van der Waals surface area contributed by atoms with E-state index < -0.39 is 37.0 Å². The summed E-state index contributed by atoms with van der Waals surface area (Å²) in [5, 5.41) is 14.8. The molecule has 0 N–H and O–H groups in total. The van der Waals surface area contributed by atoms with Crippen molar-refractivity contribution in [2.24, 2.45) is 0 Å². The maximum atomic E-state index is 14.2. The van der Waals surface area contributed by atoms with E-state index in [1.807, 2.05) is 137 Å². The Hall–Kier alpha value is -7.74. The molecule has 0 spiro atoms. The lowest BCUT2D eigenvalue weighted by Crippen LogP contribution is -2.42. The molecule has 8 aromatic rings. The van der Waals surface area contributed by atoms with Gasteiger partial charge in [-0.3, -0.25) is 38.0 Å². The summed E-state index contributed by atoms with van der Waals surface area (Å²) in [5.74, 6) is -0.232. The molecule has 20 nitrogen and oxygen atoms in total. The average molecular weight is 1260 g/mol. The molecule has 21 heteroatoms. The maximum absolute atomic E-state index is 14.2. The number of rotatable bonds is 37.